The second-order valence-corrected chi connectivity index (χ2v) is 11.0. The molecule has 0 radical (unpaired) electrons. The molecule has 1 aliphatic rings. The number of ether oxygens (including phenoxy) is 3. The lowest BCUT2D eigenvalue weighted by Gasteiger charge is -2.46. The number of carbonyl (C=O) groups excluding carboxylic acids is 2. The molecular weight excluding hydrogens is 525 g/mol. The molecule has 0 saturated carbocycles. The smallest absolute Gasteiger partial charge is 0.407 e. The number of esters is 1. The second kappa shape index (κ2) is 12.1. The first kappa shape index (κ1) is 28.2. The van der Waals surface area contributed by atoms with Crippen molar-refractivity contribution >= 4 is 58.6 Å². The highest BCUT2D eigenvalue weighted by atomic mass is 35.6. The maximum absolute atomic E-state index is 12.8. The first-order valence-electron chi connectivity index (χ1n) is 9.58. The van der Waals surface area contributed by atoms with Crippen LogP contribution >= 0.6 is 46.6 Å². The number of alkyl halides is 3. The molecule has 1 fully saturated rings. The highest BCUT2D eigenvalue weighted by Gasteiger charge is 2.56. The number of halogens is 3. The Morgan fingerprint density at radius 1 is 1.30 bits per heavy atom. The largest absolute Gasteiger partial charge is 0.466 e. The summed E-state index contributed by atoms with van der Waals surface area (Å²) in [5, 5.41) is 43.0. The van der Waals surface area contributed by atoms with Crippen molar-refractivity contribution in [2.75, 3.05) is 20.3 Å². The number of methoxy groups -OCH3 is 1. The average molecular weight is 549 g/mol. The molecule has 1 heterocycles. The van der Waals surface area contributed by atoms with E-state index in [1.165, 1.54) is 0 Å². The number of aliphatic hydroxyl groups is 4. The topological polar surface area (TPSA) is 155 Å². The Morgan fingerprint density at radius 3 is 2.48 bits per heavy atom. The summed E-state index contributed by atoms with van der Waals surface area (Å²) < 4.78 is 13.7. The summed E-state index contributed by atoms with van der Waals surface area (Å²) >= 11 is 17.6. The van der Waals surface area contributed by atoms with Crippen molar-refractivity contribution in [3.8, 4) is 0 Å². The SMILES string of the molecule is COC(=O)[C@]1(Sc2ccccc2)C[C@H](O)[C@@H](NC(=O)OCC(Cl)(Cl)Cl)[C@H]([C@H](O)[C@H](O)CO)O1. The van der Waals surface area contributed by atoms with Crippen LogP contribution in [0.1, 0.15) is 6.42 Å². The van der Waals surface area contributed by atoms with E-state index in [2.05, 4.69) is 5.32 Å². The normalized spacial score (nSPS) is 27.3. The number of carbonyl (C=O) groups is 2. The Balaban J connectivity index is 2.36. The zero-order valence-corrected chi connectivity index (χ0v) is 20.4. The van der Waals surface area contributed by atoms with E-state index in [0.717, 1.165) is 18.9 Å². The third-order valence-electron chi connectivity index (χ3n) is 4.66. The minimum atomic E-state index is -1.89. The summed E-state index contributed by atoms with van der Waals surface area (Å²) in [4.78, 5) is 23.7. The van der Waals surface area contributed by atoms with Crippen LogP contribution in [0.4, 0.5) is 4.79 Å². The lowest BCUT2D eigenvalue weighted by Crippen LogP contribution is -2.66. The molecule has 5 N–H and O–H groups in total. The van der Waals surface area contributed by atoms with Crippen molar-refractivity contribution in [3.63, 3.8) is 0 Å². The number of rotatable bonds is 8. The Hall–Kier alpha value is -1.02. The van der Waals surface area contributed by atoms with Crippen LogP contribution < -0.4 is 5.32 Å². The molecule has 14 heteroatoms. The Bertz CT molecular complexity index is 800. The maximum Gasteiger partial charge on any atom is 0.407 e. The van der Waals surface area contributed by atoms with Gasteiger partial charge in [0.25, 0.3) is 0 Å². The lowest BCUT2D eigenvalue weighted by atomic mass is 9.90. The zero-order valence-electron chi connectivity index (χ0n) is 17.3. The van der Waals surface area contributed by atoms with Gasteiger partial charge in [0.1, 0.15) is 24.9 Å². The predicted octanol–water partition coefficient (Wildman–Crippen LogP) is 0.977. The average Bonchev–Trinajstić information content (AvgIpc) is 2.77. The van der Waals surface area contributed by atoms with Crippen molar-refractivity contribution in [2.24, 2.45) is 0 Å². The van der Waals surface area contributed by atoms with Crippen molar-refractivity contribution in [1.82, 2.24) is 5.32 Å². The number of hydrogen-bond acceptors (Lipinski definition) is 10. The summed E-state index contributed by atoms with van der Waals surface area (Å²) in [6, 6.07) is 7.21. The highest BCUT2D eigenvalue weighted by Crippen LogP contribution is 2.44. The van der Waals surface area contributed by atoms with Gasteiger partial charge in [-0.3, -0.25) is 0 Å². The quantitative estimate of drug-likeness (QED) is 0.234. The van der Waals surface area contributed by atoms with E-state index in [9.17, 15) is 30.0 Å². The molecule has 2 rings (SSSR count). The van der Waals surface area contributed by atoms with Gasteiger partial charge in [-0.25, -0.2) is 9.59 Å². The number of aliphatic hydroxyl groups excluding tert-OH is 4. The monoisotopic (exact) mass is 547 g/mol. The fraction of sp³-hybridized carbons (Fsp3) is 0.579. The fourth-order valence-corrected chi connectivity index (χ4v) is 4.57. The number of amides is 1. The van der Waals surface area contributed by atoms with Gasteiger partial charge in [0, 0.05) is 11.3 Å². The van der Waals surface area contributed by atoms with Gasteiger partial charge in [-0.1, -0.05) is 64.8 Å². The summed E-state index contributed by atoms with van der Waals surface area (Å²) in [5.74, 6) is -0.872. The third kappa shape index (κ3) is 7.74. The molecule has 0 spiro atoms. The van der Waals surface area contributed by atoms with Gasteiger partial charge >= 0.3 is 12.1 Å². The zero-order chi connectivity index (χ0) is 24.8. The minimum absolute atomic E-state index is 0.368. The molecule has 6 atom stereocenters. The van der Waals surface area contributed by atoms with E-state index in [0.29, 0.717) is 4.90 Å². The van der Waals surface area contributed by atoms with E-state index in [1.807, 2.05) is 0 Å². The van der Waals surface area contributed by atoms with Gasteiger partial charge in [-0.05, 0) is 12.1 Å². The van der Waals surface area contributed by atoms with Crippen molar-refractivity contribution in [3.05, 3.63) is 30.3 Å². The predicted molar refractivity (Wildman–Crippen MR) is 120 cm³/mol. The molecule has 186 valence electrons. The third-order valence-corrected chi connectivity index (χ3v) is 6.26. The molecule has 0 aromatic heterocycles. The number of nitrogens with one attached hydrogen (secondary N) is 1. The minimum Gasteiger partial charge on any atom is -0.466 e. The Kier molecular flexibility index (Phi) is 10.3. The van der Waals surface area contributed by atoms with Crippen molar-refractivity contribution in [1.29, 1.82) is 0 Å². The first-order valence-corrected chi connectivity index (χ1v) is 11.5. The van der Waals surface area contributed by atoms with Gasteiger partial charge < -0.3 is 40.0 Å². The van der Waals surface area contributed by atoms with Gasteiger partial charge in [0.15, 0.2) is 0 Å². The molecule has 1 aliphatic heterocycles. The standard InChI is InChI=1S/C19H24Cl3NO9S/c1-30-16(28)18(33-10-5-3-2-4-6-10)7-11(25)13(15(32-18)14(27)12(26)8-24)23-17(29)31-9-19(20,21)22/h2-6,11-15,24-27H,7-9H2,1H3,(H,23,29)/t11-,12+,13+,14+,15+,18+/m0/s1. The number of alkyl carbamates (subject to hydrolysis) is 1. The summed E-state index contributed by atoms with van der Waals surface area (Å²) in [5.41, 5.74) is 0. The molecule has 0 aliphatic carbocycles. The van der Waals surface area contributed by atoms with Gasteiger partial charge in [-0.15, -0.1) is 0 Å². The van der Waals surface area contributed by atoms with E-state index < -0.39 is 64.5 Å². The molecule has 1 aromatic rings. The molecule has 0 bridgehead atoms. The van der Waals surface area contributed by atoms with E-state index in [4.69, 9.17) is 49.0 Å². The Morgan fingerprint density at radius 2 is 1.94 bits per heavy atom. The van der Waals surface area contributed by atoms with Crippen molar-refractivity contribution in [2.45, 2.75) is 50.5 Å². The van der Waals surface area contributed by atoms with Crippen LogP contribution in [0.15, 0.2) is 35.2 Å². The molecule has 1 aromatic carbocycles. The molecule has 33 heavy (non-hydrogen) atoms. The molecule has 0 unspecified atom stereocenters. The number of hydrogen-bond donors (Lipinski definition) is 5. The first-order chi connectivity index (χ1) is 15.4. The lowest BCUT2D eigenvalue weighted by molar-refractivity contribution is -0.205. The molecule has 10 nitrogen and oxygen atoms in total. The van der Waals surface area contributed by atoms with Crippen LogP contribution in [0.2, 0.25) is 0 Å². The van der Waals surface area contributed by atoms with Crippen LogP contribution in [0.3, 0.4) is 0 Å². The van der Waals surface area contributed by atoms with Gasteiger partial charge in [0.05, 0.1) is 25.9 Å². The Labute approximate surface area is 209 Å². The number of thioether (sulfide) groups is 1. The highest BCUT2D eigenvalue weighted by molar-refractivity contribution is 8.01. The van der Waals surface area contributed by atoms with Crippen molar-refractivity contribution < 1.29 is 44.2 Å². The second-order valence-electron chi connectivity index (χ2n) is 7.12. The van der Waals surface area contributed by atoms with Crippen LogP contribution in [-0.4, -0.2) is 92.0 Å². The summed E-state index contributed by atoms with van der Waals surface area (Å²) in [6.45, 7) is -1.48. The molecule has 1 saturated heterocycles. The van der Waals surface area contributed by atoms with Crippen LogP contribution in [0.5, 0.6) is 0 Å². The van der Waals surface area contributed by atoms with Gasteiger partial charge in [-0.2, -0.15) is 0 Å². The summed E-state index contributed by atoms with van der Waals surface area (Å²) in [7, 11) is 1.12. The van der Waals surface area contributed by atoms with Crippen LogP contribution in [0, 0.1) is 0 Å². The molecule has 1 amide bonds. The number of benzene rings is 1. The van der Waals surface area contributed by atoms with E-state index >= 15 is 0 Å². The molecular formula is C19H24Cl3NO9S. The van der Waals surface area contributed by atoms with E-state index in [1.54, 1.807) is 30.3 Å². The van der Waals surface area contributed by atoms with Crippen LogP contribution in [0.25, 0.3) is 0 Å². The fourth-order valence-electron chi connectivity index (χ4n) is 3.15. The van der Waals surface area contributed by atoms with E-state index in [-0.39, 0.29) is 6.42 Å². The van der Waals surface area contributed by atoms with Gasteiger partial charge in [0.2, 0.25) is 8.73 Å². The van der Waals surface area contributed by atoms with Crippen LogP contribution in [-0.2, 0) is 19.0 Å². The maximum atomic E-state index is 12.8. The summed E-state index contributed by atoms with van der Waals surface area (Å²) in [6.07, 6.45) is -8.10.